The smallest absolute Gasteiger partial charge is 0.371 e. The van der Waals surface area contributed by atoms with Crippen molar-refractivity contribution in [1.29, 1.82) is 0 Å². The Morgan fingerprint density at radius 1 is 1.78 bits per heavy atom. The molecule has 9 heavy (non-hydrogen) atoms. The summed E-state index contributed by atoms with van der Waals surface area (Å²) < 4.78 is 0. The maximum absolute atomic E-state index is 10.2. The molecular formula is C5H8N2O2. The molecule has 0 aromatic carbocycles. The van der Waals surface area contributed by atoms with Crippen molar-refractivity contribution in [3.63, 3.8) is 0 Å². The molecule has 0 aromatic rings. The van der Waals surface area contributed by atoms with Crippen LogP contribution >= 0.6 is 0 Å². The molecule has 1 aliphatic heterocycles. The van der Waals surface area contributed by atoms with Crippen LogP contribution in [0, 0.1) is 0 Å². The number of nitrogens with zero attached hydrogens (tertiary/aromatic N) is 1. The van der Waals surface area contributed by atoms with Crippen LogP contribution in [0.3, 0.4) is 0 Å². The first-order valence-corrected chi connectivity index (χ1v) is 2.82. The van der Waals surface area contributed by atoms with Gasteiger partial charge in [0, 0.05) is 13.1 Å². The van der Waals surface area contributed by atoms with Crippen molar-refractivity contribution >= 4 is 11.8 Å². The zero-order valence-corrected chi connectivity index (χ0v) is 4.92. The summed E-state index contributed by atoms with van der Waals surface area (Å²) in [5.41, 5.74) is 0. The molecule has 0 saturated carbocycles. The lowest BCUT2D eigenvalue weighted by Crippen LogP contribution is -2.35. The third kappa shape index (κ3) is 1.42. The summed E-state index contributed by atoms with van der Waals surface area (Å²) in [6.07, 6.45) is 0.927. The molecule has 0 amide bonds. The number of aliphatic carboxylic acids is 1. The van der Waals surface area contributed by atoms with E-state index in [0.717, 1.165) is 13.0 Å². The summed E-state index contributed by atoms with van der Waals surface area (Å²) in [6.45, 7) is 1.36. The fourth-order valence-electron chi connectivity index (χ4n) is 0.676. The van der Waals surface area contributed by atoms with E-state index in [0.29, 0.717) is 6.54 Å². The Bertz CT molecular complexity index is 153. The molecule has 0 fully saturated rings. The van der Waals surface area contributed by atoms with Crippen LogP contribution in [-0.2, 0) is 4.79 Å². The van der Waals surface area contributed by atoms with Crippen LogP contribution in [0.1, 0.15) is 6.42 Å². The molecule has 0 bridgehead atoms. The van der Waals surface area contributed by atoms with Crippen molar-refractivity contribution in [2.75, 3.05) is 13.1 Å². The minimum Gasteiger partial charge on any atom is -0.475 e. The fourth-order valence-corrected chi connectivity index (χ4v) is 0.676. The van der Waals surface area contributed by atoms with E-state index in [9.17, 15) is 4.79 Å². The lowest BCUT2D eigenvalue weighted by Gasteiger charge is -2.09. The molecule has 1 heterocycles. The summed E-state index contributed by atoms with van der Waals surface area (Å²) in [4.78, 5) is 13.9. The highest BCUT2D eigenvalue weighted by Crippen LogP contribution is 1.88. The molecule has 0 saturated heterocycles. The molecule has 1 aliphatic rings. The van der Waals surface area contributed by atoms with Crippen LogP contribution in [0.4, 0.5) is 0 Å². The van der Waals surface area contributed by atoms with Crippen molar-refractivity contribution in [1.82, 2.24) is 5.32 Å². The normalized spacial score (nSPS) is 18.0. The fraction of sp³-hybridized carbons (Fsp3) is 0.600. The monoisotopic (exact) mass is 128 g/mol. The van der Waals surface area contributed by atoms with E-state index >= 15 is 0 Å². The Morgan fingerprint density at radius 3 is 2.89 bits per heavy atom. The van der Waals surface area contributed by atoms with Gasteiger partial charge in [0.1, 0.15) is 0 Å². The molecule has 4 heteroatoms. The second kappa shape index (κ2) is 2.48. The van der Waals surface area contributed by atoms with Crippen molar-refractivity contribution < 1.29 is 9.90 Å². The first-order chi connectivity index (χ1) is 4.30. The lowest BCUT2D eigenvalue weighted by atomic mass is 10.3. The molecule has 0 atom stereocenters. The number of aliphatic imine (C=N–C) groups is 1. The van der Waals surface area contributed by atoms with Crippen LogP contribution in [0.25, 0.3) is 0 Å². The quantitative estimate of drug-likeness (QED) is 0.498. The number of carboxylic acids is 1. The summed E-state index contributed by atoms with van der Waals surface area (Å²) in [7, 11) is 0. The van der Waals surface area contributed by atoms with Gasteiger partial charge in [-0.2, -0.15) is 0 Å². The number of hydrogen-bond acceptors (Lipinski definition) is 3. The first-order valence-electron chi connectivity index (χ1n) is 2.82. The van der Waals surface area contributed by atoms with Crippen molar-refractivity contribution in [3.8, 4) is 0 Å². The number of amidine groups is 1. The molecule has 50 valence electrons. The van der Waals surface area contributed by atoms with Crippen LogP contribution in [0.2, 0.25) is 0 Å². The number of carboxylic acid groups (broad SMARTS) is 1. The van der Waals surface area contributed by atoms with Crippen LogP contribution < -0.4 is 5.32 Å². The lowest BCUT2D eigenvalue weighted by molar-refractivity contribution is -0.129. The highest BCUT2D eigenvalue weighted by atomic mass is 16.4. The number of carbonyl (C=O) groups is 1. The third-order valence-electron chi connectivity index (χ3n) is 1.10. The van der Waals surface area contributed by atoms with E-state index in [1.807, 2.05) is 0 Å². The molecule has 0 spiro atoms. The molecule has 0 aliphatic carbocycles. The van der Waals surface area contributed by atoms with Crippen molar-refractivity contribution in [2.45, 2.75) is 6.42 Å². The maximum Gasteiger partial charge on any atom is 0.371 e. The minimum atomic E-state index is -0.963. The van der Waals surface area contributed by atoms with Crippen LogP contribution in [0.5, 0.6) is 0 Å². The van der Waals surface area contributed by atoms with E-state index in [-0.39, 0.29) is 5.84 Å². The Kier molecular flexibility index (Phi) is 1.67. The van der Waals surface area contributed by atoms with Gasteiger partial charge in [0.05, 0.1) is 0 Å². The SMILES string of the molecule is O=C(O)C1=NCCCN1. The van der Waals surface area contributed by atoms with Gasteiger partial charge in [-0.15, -0.1) is 0 Å². The van der Waals surface area contributed by atoms with Gasteiger partial charge in [-0.1, -0.05) is 0 Å². The maximum atomic E-state index is 10.2. The van der Waals surface area contributed by atoms with Gasteiger partial charge in [-0.3, -0.25) is 4.99 Å². The van der Waals surface area contributed by atoms with E-state index in [4.69, 9.17) is 5.11 Å². The molecule has 0 radical (unpaired) electrons. The van der Waals surface area contributed by atoms with Gasteiger partial charge in [-0.05, 0) is 6.42 Å². The Balaban J connectivity index is 2.57. The molecular weight excluding hydrogens is 120 g/mol. The Morgan fingerprint density at radius 2 is 2.56 bits per heavy atom. The van der Waals surface area contributed by atoms with E-state index in [2.05, 4.69) is 10.3 Å². The number of hydrogen-bond donors (Lipinski definition) is 2. The molecule has 0 unspecified atom stereocenters. The summed E-state index contributed by atoms with van der Waals surface area (Å²) in [6, 6.07) is 0. The molecule has 1 rings (SSSR count). The van der Waals surface area contributed by atoms with Crippen molar-refractivity contribution in [3.05, 3.63) is 0 Å². The van der Waals surface area contributed by atoms with Gasteiger partial charge in [0.25, 0.3) is 0 Å². The second-order valence-electron chi connectivity index (χ2n) is 1.82. The summed E-state index contributed by atoms with van der Waals surface area (Å²) in [5.74, 6) is -0.865. The zero-order valence-electron chi connectivity index (χ0n) is 4.92. The van der Waals surface area contributed by atoms with E-state index < -0.39 is 5.97 Å². The molecule has 2 N–H and O–H groups in total. The average molecular weight is 128 g/mol. The van der Waals surface area contributed by atoms with Gasteiger partial charge in [-0.25, -0.2) is 4.79 Å². The zero-order chi connectivity index (χ0) is 6.69. The van der Waals surface area contributed by atoms with Crippen molar-refractivity contribution in [2.24, 2.45) is 4.99 Å². The topological polar surface area (TPSA) is 61.7 Å². The van der Waals surface area contributed by atoms with Crippen LogP contribution in [-0.4, -0.2) is 30.0 Å². The predicted molar refractivity (Wildman–Crippen MR) is 32.6 cm³/mol. The summed E-state index contributed by atoms with van der Waals surface area (Å²) in [5, 5.41) is 11.0. The molecule has 4 nitrogen and oxygen atoms in total. The third-order valence-corrected chi connectivity index (χ3v) is 1.10. The molecule has 0 aromatic heterocycles. The summed E-state index contributed by atoms with van der Waals surface area (Å²) >= 11 is 0. The van der Waals surface area contributed by atoms with Gasteiger partial charge >= 0.3 is 5.97 Å². The van der Waals surface area contributed by atoms with Crippen LogP contribution in [0.15, 0.2) is 4.99 Å². The van der Waals surface area contributed by atoms with Gasteiger partial charge in [0.15, 0.2) is 0 Å². The average Bonchev–Trinajstić information content (AvgIpc) is 1.90. The largest absolute Gasteiger partial charge is 0.475 e. The Hall–Kier alpha value is -1.06. The first kappa shape index (κ1) is 6.07. The standard InChI is InChI=1S/C5H8N2O2/c8-5(9)4-6-2-1-3-7-4/h1-3H2,(H,6,7)(H,8,9). The van der Waals surface area contributed by atoms with Gasteiger partial charge in [0.2, 0.25) is 5.84 Å². The Labute approximate surface area is 52.6 Å². The van der Waals surface area contributed by atoms with E-state index in [1.54, 1.807) is 0 Å². The highest BCUT2D eigenvalue weighted by molar-refractivity contribution is 6.34. The number of nitrogens with one attached hydrogen (secondary N) is 1. The predicted octanol–water partition coefficient (Wildman–Crippen LogP) is -0.537. The van der Waals surface area contributed by atoms with Gasteiger partial charge < -0.3 is 10.4 Å². The number of rotatable bonds is 1. The minimum absolute atomic E-state index is 0.0984. The van der Waals surface area contributed by atoms with E-state index in [1.165, 1.54) is 0 Å². The second-order valence-corrected chi connectivity index (χ2v) is 1.82. The highest BCUT2D eigenvalue weighted by Gasteiger charge is 2.09.